The zero-order valence-corrected chi connectivity index (χ0v) is 15.4. The van der Waals surface area contributed by atoms with Gasteiger partial charge in [-0.25, -0.2) is 0 Å². The van der Waals surface area contributed by atoms with E-state index in [0.29, 0.717) is 29.0 Å². The fourth-order valence-corrected chi connectivity index (χ4v) is 2.75. The third-order valence-corrected chi connectivity index (χ3v) is 4.12. The van der Waals surface area contributed by atoms with Crippen LogP contribution in [0.25, 0.3) is 11.5 Å². The first-order valence-corrected chi connectivity index (χ1v) is 8.64. The molecule has 0 radical (unpaired) electrons. The summed E-state index contributed by atoms with van der Waals surface area (Å²) in [5.74, 6) is 0.843. The molecule has 6 nitrogen and oxygen atoms in total. The van der Waals surface area contributed by atoms with Gasteiger partial charge in [0.05, 0.1) is 17.8 Å². The van der Waals surface area contributed by atoms with E-state index in [4.69, 9.17) is 16.0 Å². The van der Waals surface area contributed by atoms with E-state index >= 15 is 0 Å². The number of anilines is 1. The number of carbonyl (C=O) groups is 1. The highest BCUT2D eigenvalue weighted by Crippen LogP contribution is 2.20. The Labute approximate surface area is 156 Å². The number of likely N-dealkylation sites (N-methyl/N-ethyl adjacent to an activating group) is 1. The average Bonchev–Trinajstić information content (AvgIpc) is 3.05. The van der Waals surface area contributed by atoms with E-state index in [0.717, 1.165) is 16.0 Å². The van der Waals surface area contributed by atoms with Crippen molar-refractivity contribution < 1.29 is 14.1 Å². The molecule has 0 saturated carbocycles. The van der Waals surface area contributed by atoms with Crippen molar-refractivity contribution in [3.8, 4) is 11.5 Å². The number of benzene rings is 2. The van der Waals surface area contributed by atoms with Crippen molar-refractivity contribution in [2.45, 2.75) is 13.5 Å². The Hall–Kier alpha value is -2.70. The quantitative estimate of drug-likeness (QED) is 0.697. The minimum absolute atomic E-state index is 0.131. The lowest BCUT2D eigenvalue weighted by atomic mass is 10.1. The van der Waals surface area contributed by atoms with Crippen LogP contribution in [0.2, 0.25) is 5.02 Å². The molecule has 7 heteroatoms. The Morgan fingerprint density at radius 1 is 1.19 bits per heavy atom. The third-order valence-electron chi connectivity index (χ3n) is 3.80. The van der Waals surface area contributed by atoms with Crippen LogP contribution in [0, 0.1) is 6.92 Å². The summed E-state index contributed by atoms with van der Waals surface area (Å²) in [6.45, 7) is 2.72. The number of hydrogen-bond donors (Lipinski definition) is 2. The molecule has 134 valence electrons. The van der Waals surface area contributed by atoms with E-state index < -0.39 is 0 Å². The zero-order chi connectivity index (χ0) is 18.5. The number of quaternary nitrogens is 1. The highest BCUT2D eigenvalue weighted by atomic mass is 35.5. The van der Waals surface area contributed by atoms with Gasteiger partial charge in [0.25, 0.3) is 11.8 Å². The predicted molar refractivity (Wildman–Crippen MR) is 100 cm³/mol. The predicted octanol–water partition coefficient (Wildman–Crippen LogP) is 2.35. The topological polar surface area (TPSA) is 72.5 Å². The molecule has 2 aromatic carbocycles. The van der Waals surface area contributed by atoms with Crippen LogP contribution < -0.4 is 10.2 Å². The molecule has 3 rings (SSSR count). The second-order valence-corrected chi connectivity index (χ2v) is 6.62. The molecule has 2 N–H and O–H groups in total. The van der Waals surface area contributed by atoms with E-state index in [2.05, 4.69) is 15.5 Å². The van der Waals surface area contributed by atoms with Crippen LogP contribution in [-0.2, 0) is 11.3 Å². The van der Waals surface area contributed by atoms with Crippen molar-refractivity contribution in [1.29, 1.82) is 0 Å². The Morgan fingerprint density at radius 3 is 2.77 bits per heavy atom. The normalized spacial score (nSPS) is 12.0. The first-order valence-electron chi connectivity index (χ1n) is 8.26. The van der Waals surface area contributed by atoms with Gasteiger partial charge < -0.3 is 14.6 Å². The van der Waals surface area contributed by atoms with Gasteiger partial charge in [-0.1, -0.05) is 41.4 Å². The third kappa shape index (κ3) is 4.68. The zero-order valence-electron chi connectivity index (χ0n) is 14.6. The van der Waals surface area contributed by atoms with Crippen LogP contribution in [0.3, 0.4) is 0 Å². The summed E-state index contributed by atoms with van der Waals surface area (Å²) in [5.41, 5.74) is 2.62. The van der Waals surface area contributed by atoms with Crippen LogP contribution in [0.5, 0.6) is 0 Å². The molecule has 0 saturated heterocycles. The monoisotopic (exact) mass is 371 g/mol. The van der Waals surface area contributed by atoms with Gasteiger partial charge in [0.1, 0.15) is 0 Å². The lowest BCUT2D eigenvalue weighted by molar-refractivity contribution is -0.886. The lowest BCUT2D eigenvalue weighted by Crippen LogP contribution is -3.08. The number of hydrogen-bond acceptors (Lipinski definition) is 4. The Balaban J connectivity index is 1.57. The van der Waals surface area contributed by atoms with Crippen molar-refractivity contribution in [3.05, 3.63) is 65.0 Å². The van der Waals surface area contributed by atoms with Gasteiger partial charge >= 0.3 is 0 Å². The number of aryl methyl sites for hydroxylation is 1. The van der Waals surface area contributed by atoms with Crippen LogP contribution in [0.15, 0.2) is 52.9 Å². The number of nitrogens with one attached hydrogen (secondary N) is 2. The molecule has 1 amide bonds. The second kappa shape index (κ2) is 8.12. The summed E-state index contributed by atoms with van der Waals surface area (Å²) in [5, 5.41) is 11.5. The molecule has 0 aliphatic heterocycles. The fourth-order valence-electron chi connectivity index (χ4n) is 2.57. The van der Waals surface area contributed by atoms with Gasteiger partial charge in [-0.05, 0) is 31.2 Å². The van der Waals surface area contributed by atoms with E-state index in [9.17, 15) is 4.79 Å². The van der Waals surface area contributed by atoms with Gasteiger partial charge in [-0.3, -0.25) is 4.79 Å². The molecule has 1 heterocycles. The second-order valence-electron chi connectivity index (χ2n) is 6.21. The number of halogens is 1. The van der Waals surface area contributed by atoms with Gasteiger partial charge in [0.2, 0.25) is 5.89 Å². The van der Waals surface area contributed by atoms with Crippen LogP contribution >= 0.6 is 11.6 Å². The average molecular weight is 372 g/mol. The molecule has 0 aliphatic carbocycles. The Bertz CT molecular complexity index is 910. The summed E-state index contributed by atoms with van der Waals surface area (Å²) in [7, 11) is 1.89. The highest BCUT2D eigenvalue weighted by molar-refractivity contribution is 6.33. The van der Waals surface area contributed by atoms with E-state index in [1.165, 1.54) is 0 Å². The molecule has 0 spiro atoms. The molecule has 1 aromatic heterocycles. The molecule has 1 atom stereocenters. The van der Waals surface area contributed by atoms with Crippen LogP contribution in [-0.4, -0.2) is 29.7 Å². The molecule has 1 unspecified atom stereocenters. The number of rotatable bonds is 6. The maximum absolute atomic E-state index is 12.2. The van der Waals surface area contributed by atoms with Crippen LogP contribution in [0.1, 0.15) is 11.5 Å². The lowest BCUT2D eigenvalue weighted by Gasteiger charge is -2.12. The minimum atomic E-state index is -0.131. The standard InChI is InChI=1S/C19H19ClN4O2/c1-13-6-5-7-14(10-13)19-23-22-18(26-19)12-24(2)11-17(25)21-16-9-4-3-8-15(16)20/h3-10H,11-12H2,1-2H3,(H,21,25)/p+1. The minimum Gasteiger partial charge on any atom is -0.415 e. The van der Waals surface area contributed by atoms with E-state index in [1.807, 2.05) is 50.4 Å². The largest absolute Gasteiger partial charge is 0.415 e. The maximum Gasteiger partial charge on any atom is 0.279 e. The number of carbonyl (C=O) groups excluding carboxylic acids is 1. The van der Waals surface area contributed by atoms with E-state index in [-0.39, 0.29) is 12.5 Å². The summed E-state index contributed by atoms with van der Waals surface area (Å²) in [4.78, 5) is 13.1. The maximum atomic E-state index is 12.2. The fraction of sp³-hybridized carbons (Fsp3) is 0.211. The first-order chi connectivity index (χ1) is 12.5. The van der Waals surface area contributed by atoms with E-state index in [1.54, 1.807) is 12.1 Å². The molecular formula is C19H20ClN4O2+. The van der Waals surface area contributed by atoms with Crippen LogP contribution in [0.4, 0.5) is 5.69 Å². The molecule has 0 aliphatic rings. The smallest absolute Gasteiger partial charge is 0.279 e. The molecule has 0 fully saturated rings. The number of amides is 1. The molecular weight excluding hydrogens is 352 g/mol. The van der Waals surface area contributed by atoms with Crippen molar-refractivity contribution in [3.63, 3.8) is 0 Å². The Morgan fingerprint density at radius 2 is 2.00 bits per heavy atom. The first kappa shape index (κ1) is 18.1. The Kier molecular flexibility index (Phi) is 5.65. The van der Waals surface area contributed by atoms with Gasteiger partial charge in [-0.15, -0.1) is 10.2 Å². The van der Waals surface area contributed by atoms with Gasteiger partial charge in [-0.2, -0.15) is 0 Å². The molecule has 0 bridgehead atoms. The summed E-state index contributed by atoms with van der Waals surface area (Å²) < 4.78 is 5.72. The van der Waals surface area contributed by atoms with Gasteiger partial charge in [0, 0.05) is 5.56 Å². The van der Waals surface area contributed by atoms with Crippen molar-refractivity contribution >= 4 is 23.2 Å². The summed E-state index contributed by atoms with van der Waals surface area (Å²) in [6.07, 6.45) is 0. The SMILES string of the molecule is Cc1cccc(-c2nnc(C[NH+](C)CC(=O)Nc3ccccc3Cl)o2)c1. The number of nitrogens with zero attached hydrogens (tertiary/aromatic N) is 2. The highest BCUT2D eigenvalue weighted by Gasteiger charge is 2.16. The van der Waals surface area contributed by atoms with Crippen molar-refractivity contribution in [2.24, 2.45) is 0 Å². The van der Waals surface area contributed by atoms with Gasteiger partial charge in [0.15, 0.2) is 13.1 Å². The summed E-state index contributed by atoms with van der Waals surface area (Å²) >= 11 is 6.05. The molecule has 26 heavy (non-hydrogen) atoms. The molecule has 3 aromatic rings. The van der Waals surface area contributed by atoms with Crippen molar-refractivity contribution in [1.82, 2.24) is 10.2 Å². The number of aromatic nitrogens is 2. The number of para-hydroxylation sites is 1. The van der Waals surface area contributed by atoms with Crippen molar-refractivity contribution in [2.75, 3.05) is 18.9 Å². The summed E-state index contributed by atoms with van der Waals surface area (Å²) in [6, 6.07) is 15.0.